The van der Waals surface area contributed by atoms with Crippen LogP contribution in [-0.2, 0) is 26.2 Å². The van der Waals surface area contributed by atoms with E-state index in [9.17, 15) is 18.0 Å². The molecule has 37 heavy (non-hydrogen) atoms. The molecule has 2 aromatic carbocycles. The number of hydrogen-bond acceptors (Lipinski definition) is 7. The molecule has 10 nitrogen and oxygen atoms in total. The number of amides is 2. The average Bonchev–Trinajstić information content (AvgIpc) is 2.87. The minimum atomic E-state index is -3.86. The molecule has 2 amide bonds. The predicted molar refractivity (Wildman–Crippen MR) is 140 cm³/mol. The Morgan fingerprint density at radius 3 is 2.41 bits per heavy atom. The van der Waals surface area contributed by atoms with Gasteiger partial charge in [0.05, 0.1) is 19.1 Å². The molecule has 11 heteroatoms. The van der Waals surface area contributed by atoms with Crippen LogP contribution in [-0.4, -0.2) is 70.8 Å². The monoisotopic (exact) mass is 533 g/mol. The third-order valence-electron chi connectivity index (χ3n) is 5.83. The zero-order valence-electron chi connectivity index (χ0n) is 21.9. The zero-order valence-corrected chi connectivity index (χ0v) is 22.7. The molecule has 0 aromatic heterocycles. The number of fused-ring (bicyclic) bond motifs is 1. The van der Waals surface area contributed by atoms with E-state index in [2.05, 4.69) is 5.32 Å². The number of methoxy groups -OCH3 is 1. The Kier molecular flexibility index (Phi) is 9.25. The maximum Gasteiger partial charge on any atom is 0.244 e. The standard InChI is InChI=1S/C26H35N3O7S/c1-18(2)15-27-26(31)19(3)28(16-20-7-6-8-22(13-20)34-4)25(30)17-29(37(5,32)33)21-9-10-23-24(14-21)36-12-11-35-23/h6-10,13-14,18-19H,11-12,15-17H2,1-5H3,(H,27,31)/t19-/m1/s1. The van der Waals surface area contributed by atoms with E-state index < -0.39 is 28.5 Å². The van der Waals surface area contributed by atoms with Crippen molar-refractivity contribution in [2.75, 3.05) is 44.0 Å². The molecule has 1 aliphatic heterocycles. The van der Waals surface area contributed by atoms with E-state index in [1.807, 2.05) is 19.9 Å². The third-order valence-corrected chi connectivity index (χ3v) is 6.97. The molecule has 202 valence electrons. The van der Waals surface area contributed by atoms with Gasteiger partial charge < -0.3 is 24.4 Å². The Balaban J connectivity index is 1.91. The molecule has 0 saturated carbocycles. The first-order chi connectivity index (χ1) is 17.5. The Bertz CT molecular complexity index is 1220. The molecule has 0 aliphatic carbocycles. The van der Waals surface area contributed by atoms with E-state index >= 15 is 0 Å². The van der Waals surface area contributed by atoms with Crippen molar-refractivity contribution in [1.29, 1.82) is 0 Å². The second kappa shape index (κ2) is 12.2. The molecule has 0 spiro atoms. The normalized spacial score (nSPS) is 13.6. The van der Waals surface area contributed by atoms with Crippen molar-refractivity contribution >= 4 is 27.5 Å². The number of nitrogens with one attached hydrogen (secondary N) is 1. The SMILES string of the molecule is COc1cccc(CN(C(=O)CN(c2ccc3c(c2)OCCO3)S(C)(=O)=O)[C@H](C)C(=O)NCC(C)C)c1. The van der Waals surface area contributed by atoms with Gasteiger partial charge in [-0.25, -0.2) is 8.42 Å². The van der Waals surface area contributed by atoms with Crippen LogP contribution in [0.5, 0.6) is 17.2 Å². The van der Waals surface area contributed by atoms with E-state index in [0.717, 1.165) is 16.1 Å². The molecule has 1 heterocycles. The first-order valence-electron chi connectivity index (χ1n) is 12.1. The van der Waals surface area contributed by atoms with E-state index in [-0.39, 0.29) is 24.1 Å². The molecular weight excluding hydrogens is 498 g/mol. The Hall–Kier alpha value is -3.47. The Labute approximate surface area is 218 Å². The highest BCUT2D eigenvalue weighted by atomic mass is 32.2. The van der Waals surface area contributed by atoms with Crippen molar-refractivity contribution < 1.29 is 32.2 Å². The summed E-state index contributed by atoms with van der Waals surface area (Å²) in [6.45, 7) is 6.36. The number of carbonyl (C=O) groups is 2. The van der Waals surface area contributed by atoms with Gasteiger partial charge >= 0.3 is 0 Å². The van der Waals surface area contributed by atoms with Gasteiger partial charge in [0.25, 0.3) is 0 Å². The van der Waals surface area contributed by atoms with Gasteiger partial charge in [-0.1, -0.05) is 26.0 Å². The van der Waals surface area contributed by atoms with Crippen molar-refractivity contribution in [3.05, 3.63) is 48.0 Å². The minimum absolute atomic E-state index is 0.0883. The maximum atomic E-state index is 13.7. The first kappa shape index (κ1) is 28.1. The van der Waals surface area contributed by atoms with Crippen LogP contribution in [0, 0.1) is 5.92 Å². The topological polar surface area (TPSA) is 114 Å². The van der Waals surface area contributed by atoms with Gasteiger partial charge in [0.15, 0.2) is 11.5 Å². The van der Waals surface area contributed by atoms with Crippen molar-refractivity contribution in [3.63, 3.8) is 0 Å². The first-order valence-corrected chi connectivity index (χ1v) is 13.9. The molecule has 0 unspecified atom stereocenters. The van der Waals surface area contributed by atoms with Crippen LogP contribution in [0.2, 0.25) is 0 Å². The van der Waals surface area contributed by atoms with Crippen LogP contribution in [0.3, 0.4) is 0 Å². The van der Waals surface area contributed by atoms with Gasteiger partial charge in [-0.3, -0.25) is 13.9 Å². The number of carbonyl (C=O) groups excluding carboxylic acids is 2. The van der Waals surface area contributed by atoms with Gasteiger partial charge in [-0.05, 0) is 42.7 Å². The van der Waals surface area contributed by atoms with Gasteiger partial charge in [-0.15, -0.1) is 0 Å². The van der Waals surface area contributed by atoms with Crippen molar-refractivity contribution in [2.45, 2.75) is 33.4 Å². The number of benzene rings is 2. The lowest BCUT2D eigenvalue weighted by Gasteiger charge is -2.32. The number of hydrogen-bond donors (Lipinski definition) is 1. The number of anilines is 1. The minimum Gasteiger partial charge on any atom is -0.497 e. The van der Waals surface area contributed by atoms with Gasteiger partial charge in [0.2, 0.25) is 21.8 Å². The van der Waals surface area contributed by atoms with Crippen molar-refractivity contribution in [1.82, 2.24) is 10.2 Å². The second-order valence-electron chi connectivity index (χ2n) is 9.29. The summed E-state index contributed by atoms with van der Waals surface area (Å²) in [5, 5.41) is 2.86. The number of nitrogens with zero attached hydrogens (tertiary/aromatic N) is 2. The lowest BCUT2D eigenvalue weighted by molar-refractivity contribution is -0.139. The van der Waals surface area contributed by atoms with Crippen molar-refractivity contribution in [3.8, 4) is 17.2 Å². The van der Waals surface area contributed by atoms with E-state index in [4.69, 9.17) is 14.2 Å². The molecule has 2 aromatic rings. The summed E-state index contributed by atoms with van der Waals surface area (Å²) < 4.78 is 42.9. The molecule has 1 aliphatic rings. The van der Waals surface area contributed by atoms with Crippen LogP contribution in [0.25, 0.3) is 0 Å². The van der Waals surface area contributed by atoms with Gasteiger partial charge in [0.1, 0.15) is 31.5 Å². The fourth-order valence-electron chi connectivity index (χ4n) is 3.80. The maximum absolute atomic E-state index is 13.7. The third kappa shape index (κ3) is 7.51. The molecule has 0 saturated heterocycles. The molecule has 0 fully saturated rings. The van der Waals surface area contributed by atoms with Crippen LogP contribution in [0.15, 0.2) is 42.5 Å². The zero-order chi connectivity index (χ0) is 27.2. The summed E-state index contributed by atoms with van der Waals surface area (Å²) in [4.78, 5) is 28.0. The smallest absolute Gasteiger partial charge is 0.244 e. The molecule has 3 rings (SSSR count). The Morgan fingerprint density at radius 1 is 1.05 bits per heavy atom. The van der Waals surface area contributed by atoms with Gasteiger partial charge in [-0.2, -0.15) is 0 Å². The van der Waals surface area contributed by atoms with Crippen molar-refractivity contribution in [2.24, 2.45) is 5.92 Å². The van der Waals surface area contributed by atoms with E-state index in [1.54, 1.807) is 44.4 Å². The lowest BCUT2D eigenvalue weighted by atomic mass is 10.1. The van der Waals surface area contributed by atoms with Crippen LogP contribution in [0.1, 0.15) is 26.3 Å². The summed E-state index contributed by atoms with van der Waals surface area (Å²) in [6.07, 6.45) is 1.03. The summed E-state index contributed by atoms with van der Waals surface area (Å²) >= 11 is 0. The Morgan fingerprint density at radius 2 is 1.76 bits per heavy atom. The number of ether oxygens (including phenoxy) is 3. The second-order valence-corrected chi connectivity index (χ2v) is 11.2. The molecule has 1 atom stereocenters. The summed E-state index contributed by atoms with van der Waals surface area (Å²) in [7, 11) is -2.31. The van der Waals surface area contributed by atoms with Crippen LogP contribution in [0.4, 0.5) is 5.69 Å². The molecule has 0 bridgehead atoms. The summed E-state index contributed by atoms with van der Waals surface area (Å²) in [5.74, 6) is 0.889. The average molecular weight is 534 g/mol. The fraction of sp³-hybridized carbons (Fsp3) is 0.462. The number of sulfonamides is 1. The van der Waals surface area contributed by atoms with E-state index in [1.165, 1.54) is 11.0 Å². The van der Waals surface area contributed by atoms with E-state index in [0.29, 0.717) is 37.0 Å². The quantitative estimate of drug-likeness (QED) is 0.472. The predicted octanol–water partition coefficient (Wildman–Crippen LogP) is 2.42. The highest BCUT2D eigenvalue weighted by Gasteiger charge is 2.30. The van der Waals surface area contributed by atoms with Gasteiger partial charge in [0, 0.05) is 19.2 Å². The highest BCUT2D eigenvalue weighted by Crippen LogP contribution is 2.34. The highest BCUT2D eigenvalue weighted by molar-refractivity contribution is 7.92. The van der Waals surface area contributed by atoms with Crippen LogP contribution >= 0.6 is 0 Å². The molecule has 1 N–H and O–H groups in total. The largest absolute Gasteiger partial charge is 0.497 e. The lowest BCUT2D eigenvalue weighted by Crippen LogP contribution is -2.51. The fourth-order valence-corrected chi connectivity index (χ4v) is 4.64. The summed E-state index contributed by atoms with van der Waals surface area (Å²) in [5.41, 5.74) is 1.000. The number of rotatable bonds is 11. The molecular formula is C26H35N3O7S. The van der Waals surface area contributed by atoms with Crippen LogP contribution < -0.4 is 23.8 Å². The summed E-state index contributed by atoms with van der Waals surface area (Å²) in [6, 6.07) is 11.0. The molecule has 0 radical (unpaired) electrons.